The molecule has 1 atom stereocenters. The maximum absolute atomic E-state index is 13.6. The standard InChI is InChI=1S/C19H12F3NO4S/c20-19(21,22)12-7-16(28-17(18(24)25)10-4-2-1-3-5-10)23-13-8-15-14(6-11(12)13)26-9-27-15/h1-8,17H,9H2,(H,24,25). The maximum atomic E-state index is 13.6. The highest BCUT2D eigenvalue weighted by molar-refractivity contribution is 8.00. The fourth-order valence-corrected chi connectivity index (χ4v) is 3.87. The van der Waals surface area contributed by atoms with Crippen LogP contribution in [-0.4, -0.2) is 22.9 Å². The lowest BCUT2D eigenvalue weighted by Crippen LogP contribution is -2.10. The highest BCUT2D eigenvalue weighted by Gasteiger charge is 2.35. The number of pyridine rings is 1. The summed E-state index contributed by atoms with van der Waals surface area (Å²) >= 11 is 0.746. The summed E-state index contributed by atoms with van der Waals surface area (Å²) in [5.41, 5.74) is -0.393. The van der Waals surface area contributed by atoms with Gasteiger partial charge in [-0.2, -0.15) is 13.2 Å². The van der Waals surface area contributed by atoms with Gasteiger partial charge in [0.1, 0.15) is 5.25 Å². The predicted molar refractivity (Wildman–Crippen MR) is 95.5 cm³/mol. The Bertz CT molecular complexity index is 1060. The summed E-state index contributed by atoms with van der Waals surface area (Å²) in [6.07, 6.45) is -4.64. The van der Waals surface area contributed by atoms with Crippen molar-refractivity contribution in [3.63, 3.8) is 0 Å². The molecule has 1 aliphatic rings. The Hall–Kier alpha value is -2.94. The van der Waals surface area contributed by atoms with E-state index in [-0.39, 0.29) is 28.5 Å². The summed E-state index contributed by atoms with van der Waals surface area (Å²) < 4.78 is 51.3. The third-order valence-electron chi connectivity index (χ3n) is 4.15. The second-order valence-electron chi connectivity index (χ2n) is 5.98. The molecule has 144 valence electrons. The molecule has 0 bridgehead atoms. The molecule has 0 fully saturated rings. The summed E-state index contributed by atoms with van der Waals surface area (Å²) in [6.45, 7) is -0.0797. The molecule has 28 heavy (non-hydrogen) atoms. The van der Waals surface area contributed by atoms with Gasteiger partial charge in [0, 0.05) is 11.5 Å². The number of hydrogen-bond donors (Lipinski definition) is 1. The van der Waals surface area contributed by atoms with Crippen molar-refractivity contribution in [2.75, 3.05) is 6.79 Å². The summed E-state index contributed by atoms with van der Waals surface area (Å²) in [4.78, 5) is 15.9. The Morgan fingerprint density at radius 1 is 1.11 bits per heavy atom. The number of halogens is 3. The predicted octanol–water partition coefficient (Wildman–Crippen LogP) is 4.90. The second kappa shape index (κ2) is 6.90. The molecule has 5 nitrogen and oxygen atoms in total. The first kappa shape index (κ1) is 18.4. The van der Waals surface area contributed by atoms with E-state index in [1.807, 2.05) is 0 Å². The Balaban J connectivity index is 1.83. The first-order chi connectivity index (χ1) is 13.3. The van der Waals surface area contributed by atoms with Gasteiger partial charge in [-0.25, -0.2) is 4.98 Å². The van der Waals surface area contributed by atoms with Gasteiger partial charge in [0.05, 0.1) is 16.1 Å². The number of thioether (sulfide) groups is 1. The highest BCUT2D eigenvalue weighted by atomic mass is 32.2. The zero-order valence-electron chi connectivity index (χ0n) is 14.1. The van der Waals surface area contributed by atoms with Gasteiger partial charge in [-0.15, -0.1) is 0 Å². The summed E-state index contributed by atoms with van der Waals surface area (Å²) in [5.74, 6) is -0.654. The van der Waals surface area contributed by atoms with Crippen LogP contribution in [0.15, 0.2) is 53.6 Å². The van der Waals surface area contributed by atoms with Crippen molar-refractivity contribution in [1.29, 1.82) is 0 Å². The molecule has 1 aliphatic heterocycles. The van der Waals surface area contributed by atoms with E-state index in [2.05, 4.69) is 4.98 Å². The minimum Gasteiger partial charge on any atom is -0.480 e. The van der Waals surface area contributed by atoms with Crippen molar-refractivity contribution < 1.29 is 32.5 Å². The highest BCUT2D eigenvalue weighted by Crippen LogP contribution is 2.44. The number of carbonyl (C=O) groups is 1. The molecule has 0 aliphatic carbocycles. The number of aromatic nitrogens is 1. The number of ether oxygens (including phenoxy) is 2. The Kier molecular flexibility index (Phi) is 4.54. The number of carboxylic acids is 1. The zero-order chi connectivity index (χ0) is 19.9. The Labute approximate surface area is 161 Å². The first-order valence-electron chi connectivity index (χ1n) is 8.09. The number of benzene rings is 2. The largest absolute Gasteiger partial charge is 0.480 e. The average Bonchev–Trinajstić information content (AvgIpc) is 3.10. The van der Waals surface area contributed by atoms with Gasteiger partial charge < -0.3 is 14.6 Å². The van der Waals surface area contributed by atoms with Crippen molar-refractivity contribution >= 4 is 28.6 Å². The maximum Gasteiger partial charge on any atom is 0.417 e. The van der Waals surface area contributed by atoms with Crippen LogP contribution in [0.3, 0.4) is 0 Å². The molecule has 0 radical (unpaired) electrons. The van der Waals surface area contributed by atoms with E-state index in [0.29, 0.717) is 11.3 Å². The van der Waals surface area contributed by atoms with Crippen LogP contribution < -0.4 is 9.47 Å². The number of rotatable bonds is 4. The number of aliphatic carboxylic acids is 1. The van der Waals surface area contributed by atoms with Crippen LogP contribution in [-0.2, 0) is 11.0 Å². The molecule has 2 heterocycles. The fraction of sp³-hybridized carbons (Fsp3) is 0.158. The number of fused-ring (bicyclic) bond motifs is 2. The molecular formula is C19H12F3NO4S. The first-order valence-corrected chi connectivity index (χ1v) is 8.97. The van der Waals surface area contributed by atoms with Gasteiger partial charge in [-0.3, -0.25) is 4.79 Å². The van der Waals surface area contributed by atoms with E-state index in [1.165, 1.54) is 12.1 Å². The lowest BCUT2D eigenvalue weighted by atomic mass is 10.1. The van der Waals surface area contributed by atoms with Crippen LogP contribution in [0.4, 0.5) is 13.2 Å². The lowest BCUT2D eigenvalue weighted by Gasteiger charge is -2.15. The topological polar surface area (TPSA) is 68.7 Å². The van der Waals surface area contributed by atoms with Crippen molar-refractivity contribution in [3.05, 3.63) is 59.7 Å². The van der Waals surface area contributed by atoms with Gasteiger partial charge in [-0.1, -0.05) is 42.1 Å². The van der Waals surface area contributed by atoms with E-state index >= 15 is 0 Å². The van der Waals surface area contributed by atoms with Crippen LogP contribution in [0.25, 0.3) is 10.9 Å². The number of hydrogen-bond acceptors (Lipinski definition) is 5. The Morgan fingerprint density at radius 2 is 1.79 bits per heavy atom. The third-order valence-corrected chi connectivity index (χ3v) is 5.31. The SMILES string of the molecule is O=C(O)C(Sc1cc(C(F)(F)F)c2cc3c(cc2n1)OCO3)c1ccccc1. The summed E-state index contributed by atoms with van der Waals surface area (Å²) in [5, 5.41) is 8.28. The average molecular weight is 407 g/mol. The number of alkyl halides is 3. The number of carboxylic acid groups (broad SMARTS) is 1. The van der Waals surface area contributed by atoms with Crippen molar-refractivity contribution in [2.45, 2.75) is 16.5 Å². The minimum atomic E-state index is -4.64. The monoisotopic (exact) mass is 407 g/mol. The third kappa shape index (κ3) is 3.45. The van der Waals surface area contributed by atoms with Gasteiger partial charge >= 0.3 is 12.1 Å². The molecule has 3 aromatic rings. The molecule has 1 aromatic heterocycles. The smallest absolute Gasteiger partial charge is 0.417 e. The summed E-state index contributed by atoms with van der Waals surface area (Å²) in [7, 11) is 0. The number of nitrogens with zero attached hydrogens (tertiary/aromatic N) is 1. The molecule has 0 saturated heterocycles. The van der Waals surface area contributed by atoms with Crippen molar-refractivity contribution in [3.8, 4) is 11.5 Å². The van der Waals surface area contributed by atoms with Crippen LogP contribution in [0.2, 0.25) is 0 Å². The fourth-order valence-electron chi connectivity index (χ4n) is 2.90. The normalized spacial score (nSPS) is 14.2. The molecule has 1 unspecified atom stereocenters. The van der Waals surface area contributed by atoms with Gasteiger partial charge in [0.15, 0.2) is 11.5 Å². The van der Waals surface area contributed by atoms with Gasteiger partial charge in [0.2, 0.25) is 6.79 Å². The Morgan fingerprint density at radius 3 is 2.43 bits per heavy atom. The van der Waals surface area contributed by atoms with Gasteiger partial charge in [0.25, 0.3) is 0 Å². The zero-order valence-corrected chi connectivity index (χ0v) is 14.9. The second-order valence-corrected chi connectivity index (χ2v) is 7.10. The molecule has 2 aromatic carbocycles. The van der Waals surface area contributed by atoms with Crippen LogP contribution >= 0.6 is 11.8 Å². The van der Waals surface area contributed by atoms with Crippen molar-refractivity contribution in [1.82, 2.24) is 4.98 Å². The molecule has 4 rings (SSSR count). The molecular weight excluding hydrogens is 395 g/mol. The van der Waals surface area contributed by atoms with Crippen LogP contribution in [0.5, 0.6) is 11.5 Å². The van der Waals surface area contributed by atoms with Crippen molar-refractivity contribution in [2.24, 2.45) is 0 Å². The van der Waals surface area contributed by atoms with Crippen LogP contribution in [0.1, 0.15) is 16.4 Å². The molecule has 0 spiro atoms. The van der Waals surface area contributed by atoms with E-state index in [1.54, 1.807) is 30.3 Å². The molecule has 9 heteroatoms. The van der Waals surface area contributed by atoms with E-state index in [9.17, 15) is 23.1 Å². The molecule has 0 saturated carbocycles. The van der Waals surface area contributed by atoms with E-state index in [4.69, 9.17) is 9.47 Å². The molecule has 0 amide bonds. The van der Waals surface area contributed by atoms with Gasteiger partial charge in [-0.05, 0) is 17.7 Å². The minimum absolute atomic E-state index is 0.0463. The molecule has 1 N–H and O–H groups in total. The summed E-state index contributed by atoms with van der Waals surface area (Å²) in [6, 6.07) is 11.8. The quantitative estimate of drug-likeness (QED) is 0.621. The van der Waals surface area contributed by atoms with Crippen LogP contribution in [0, 0.1) is 0 Å². The van der Waals surface area contributed by atoms with E-state index in [0.717, 1.165) is 17.8 Å². The van der Waals surface area contributed by atoms with E-state index < -0.39 is 23.0 Å². The lowest BCUT2D eigenvalue weighted by molar-refractivity contribution is -0.137.